The van der Waals surface area contributed by atoms with Gasteiger partial charge >= 0.3 is 6.09 Å². The summed E-state index contributed by atoms with van der Waals surface area (Å²) in [4.78, 5) is 28.4. The molecule has 2 aliphatic rings. The summed E-state index contributed by atoms with van der Waals surface area (Å²) in [6, 6.07) is 10.2. The third-order valence-corrected chi connectivity index (χ3v) is 4.41. The van der Waals surface area contributed by atoms with Gasteiger partial charge < -0.3 is 9.64 Å². The van der Waals surface area contributed by atoms with Crippen LogP contribution in [-0.4, -0.2) is 53.0 Å². The third kappa shape index (κ3) is 3.55. The van der Waals surface area contributed by atoms with Crippen LogP contribution in [-0.2, 0) is 16.1 Å². The van der Waals surface area contributed by atoms with Crippen LogP contribution in [0.1, 0.15) is 26.3 Å². The second kappa shape index (κ2) is 5.96. The maximum Gasteiger partial charge on any atom is 0.410 e. The molecule has 23 heavy (non-hydrogen) atoms. The maximum absolute atomic E-state index is 12.3. The van der Waals surface area contributed by atoms with Gasteiger partial charge in [-0.25, -0.2) is 4.79 Å². The monoisotopic (exact) mass is 316 g/mol. The van der Waals surface area contributed by atoms with Crippen molar-refractivity contribution in [1.29, 1.82) is 0 Å². The molecular formula is C18H24N2O3. The highest BCUT2D eigenvalue weighted by Gasteiger charge is 2.48. The number of ether oxygens (including phenoxy) is 1. The number of rotatable bonds is 2. The lowest BCUT2D eigenvalue weighted by Gasteiger charge is -2.26. The molecule has 5 heteroatoms. The molecule has 0 saturated carbocycles. The van der Waals surface area contributed by atoms with Gasteiger partial charge in [0.1, 0.15) is 5.60 Å². The number of hydrogen-bond acceptors (Lipinski definition) is 4. The zero-order valence-corrected chi connectivity index (χ0v) is 14.0. The fourth-order valence-corrected chi connectivity index (χ4v) is 3.37. The lowest BCUT2D eigenvalue weighted by molar-refractivity contribution is -0.119. The van der Waals surface area contributed by atoms with Gasteiger partial charge in [-0.1, -0.05) is 30.3 Å². The summed E-state index contributed by atoms with van der Waals surface area (Å²) in [5, 5.41) is 0. The summed E-state index contributed by atoms with van der Waals surface area (Å²) >= 11 is 0. The number of Topliss-reactive ketones (excluding diaryl/α,β-unsaturated/α-hetero) is 1. The number of carbonyl (C=O) groups excluding carboxylic acids is 2. The van der Waals surface area contributed by atoms with Gasteiger partial charge in [0.2, 0.25) is 0 Å². The molecule has 0 aromatic heterocycles. The van der Waals surface area contributed by atoms with Crippen molar-refractivity contribution in [1.82, 2.24) is 9.80 Å². The Morgan fingerprint density at radius 3 is 2.57 bits per heavy atom. The zero-order chi connectivity index (χ0) is 16.6. The number of ketones is 1. The number of benzene rings is 1. The molecule has 5 nitrogen and oxygen atoms in total. The highest BCUT2D eigenvalue weighted by molar-refractivity contribution is 5.87. The van der Waals surface area contributed by atoms with E-state index in [1.54, 1.807) is 4.90 Å². The van der Waals surface area contributed by atoms with Gasteiger partial charge in [0.15, 0.2) is 5.78 Å². The normalized spacial score (nSPS) is 24.8. The molecule has 0 N–H and O–H groups in total. The van der Waals surface area contributed by atoms with Crippen LogP contribution in [0.5, 0.6) is 0 Å². The summed E-state index contributed by atoms with van der Waals surface area (Å²) in [5.74, 6) is 0.156. The minimum atomic E-state index is -0.511. The predicted molar refractivity (Wildman–Crippen MR) is 86.9 cm³/mol. The first-order valence-electron chi connectivity index (χ1n) is 8.12. The van der Waals surface area contributed by atoms with Gasteiger partial charge in [-0.2, -0.15) is 0 Å². The summed E-state index contributed by atoms with van der Waals surface area (Å²) in [5.41, 5.74) is 0.680. The molecule has 0 unspecified atom stereocenters. The largest absolute Gasteiger partial charge is 0.444 e. The molecule has 2 heterocycles. The molecule has 0 radical (unpaired) electrons. The van der Waals surface area contributed by atoms with Crippen LogP contribution in [0, 0.1) is 5.92 Å². The van der Waals surface area contributed by atoms with Crippen LogP contribution >= 0.6 is 0 Å². The van der Waals surface area contributed by atoms with Gasteiger partial charge in [-0.15, -0.1) is 0 Å². The van der Waals surface area contributed by atoms with Crippen LogP contribution < -0.4 is 0 Å². The summed E-state index contributed by atoms with van der Waals surface area (Å²) in [6.07, 6.45) is -0.320. The van der Waals surface area contributed by atoms with Gasteiger partial charge in [0.25, 0.3) is 0 Å². The number of likely N-dealkylation sites (tertiary alicyclic amines) is 2. The summed E-state index contributed by atoms with van der Waals surface area (Å²) < 4.78 is 5.43. The Morgan fingerprint density at radius 2 is 1.91 bits per heavy atom. The van der Waals surface area contributed by atoms with Crippen LogP contribution in [0.2, 0.25) is 0 Å². The van der Waals surface area contributed by atoms with E-state index in [1.165, 1.54) is 5.56 Å². The molecule has 2 atom stereocenters. The van der Waals surface area contributed by atoms with Gasteiger partial charge in [0.05, 0.1) is 12.5 Å². The van der Waals surface area contributed by atoms with E-state index in [0.29, 0.717) is 19.6 Å². The van der Waals surface area contributed by atoms with E-state index in [9.17, 15) is 9.59 Å². The molecule has 2 saturated heterocycles. The van der Waals surface area contributed by atoms with Crippen molar-refractivity contribution in [2.45, 2.75) is 39.0 Å². The minimum Gasteiger partial charge on any atom is -0.444 e. The summed E-state index contributed by atoms with van der Waals surface area (Å²) in [6.45, 7) is 7.84. The van der Waals surface area contributed by atoms with Crippen molar-refractivity contribution in [3.05, 3.63) is 35.9 Å². The molecule has 0 spiro atoms. The fraction of sp³-hybridized carbons (Fsp3) is 0.556. The van der Waals surface area contributed by atoms with E-state index < -0.39 is 5.60 Å². The highest BCUT2D eigenvalue weighted by atomic mass is 16.6. The predicted octanol–water partition coefficient (Wildman–Crippen LogP) is 2.31. The van der Waals surface area contributed by atoms with Crippen molar-refractivity contribution in [3.8, 4) is 0 Å². The molecule has 1 aromatic carbocycles. The molecule has 2 fully saturated rings. The molecule has 124 valence electrons. The van der Waals surface area contributed by atoms with Crippen LogP contribution in [0.25, 0.3) is 0 Å². The molecule has 0 aliphatic carbocycles. The van der Waals surface area contributed by atoms with Crippen molar-refractivity contribution >= 4 is 11.9 Å². The van der Waals surface area contributed by atoms with Crippen molar-refractivity contribution in [2.24, 2.45) is 5.92 Å². The molecule has 0 bridgehead atoms. The van der Waals surface area contributed by atoms with E-state index in [4.69, 9.17) is 4.74 Å². The SMILES string of the molecule is CC(C)(C)OC(=O)N1C[C@@H]2C(=O)CN(Cc3ccccc3)[C@@H]2C1. The maximum atomic E-state index is 12.3. The van der Waals surface area contributed by atoms with Gasteiger partial charge in [0, 0.05) is 25.7 Å². The van der Waals surface area contributed by atoms with Crippen LogP contribution in [0.3, 0.4) is 0 Å². The molecule has 1 aromatic rings. The van der Waals surface area contributed by atoms with Crippen molar-refractivity contribution in [3.63, 3.8) is 0 Å². The lowest BCUT2D eigenvalue weighted by atomic mass is 10.0. The number of fused-ring (bicyclic) bond motifs is 1. The standard InChI is InChI=1S/C18H24N2O3/c1-18(2,3)23-17(22)20-10-14-15(11-20)19(12-16(14)21)9-13-7-5-4-6-8-13/h4-8,14-15H,9-12H2,1-3H3/t14-,15+/m0/s1. The molecule has 2 aliphatic heterocycles. The Hall–Kier alpha value is -1.88. The second-order valence-corrected chi connectivity index (χ2v) is 7.42. The first kappa shape index (κ1) is 16.0. The first-order valence-corrected chi connectivity index (χ1v) is 8.12. The summed E-state index contributed by atoms with van der Waals surface area (Å²) in [7, 11) is 0. The Balaban J connectivity index is 1.67. The Morgan fingerprint density at radius 1 is 1.22 bits per heavy atom. The first-order chi connectivity index (χ1) is 10.8. The van der Waals surface area contributed by atoms with Crippen molar-refractivity contribution in [2.75, 3.05) is 19.6 Å². The van der Waals surface area contributed by atoms with E-state index in [2.05, 4.69) is 17.0 Å². The third-order valence-electron chi connectivity index (χ3n) is 4.41. The quantitative estimate of drug-likeness (QED) is 0.840. The van der Waals surface area contributed by atoms with E-state index in [0.717, 1.165) is 6.54 Å². The average molecular weight is 316 g/mol. The minimum absolute atomic E-state index is 0.0776. The number of amides is 1. The van der Waals surface area contributed by atoms with E-state index >= 15 is 0 Å². The van der Waals surface area contributed by atoms with Gasteiger partial charge in [-0.3, -0.25) is 9.69 Å². The molecule has 3 rings (SSSR count). The van der Waals surface area contributed by atoms with Gasteiger partial charge in [-0.05, 0) is 26.3 Å². The lowest BCUT2D eigenvalue weighted by Crippen LogP contribution is -2.39. The Kier molecular flexibility index (Phi) is 4.15. The zero-order valence-electron chi connectivity index (χ0n) is 14.0. The van der Waals surface area contributed by atoms with E-state index in [-0.39, 0.29) is 23.8 Å². The highest BCUT2D eigenvalue weighted by Crippen LogP contribution is 2.31. The Bertz CT molecular complexity index is 594. The number of nitrogens with zero attached hydrogens (tertiary/aromatic N) is 2. The average Bonchev–Trinajstić information content (AvgIpc) is 3.01. The molecule has 1 amide bonds. The van der Waals surface area contributed by atoms with Crippen LogP contribution in [0.15, 0.2) is 30.3 Å². The fourth-order valence-electron chi connectivity index (χ4n) is 3.37. The number of carbonyl (C=O) groups is 2. The second-order valence-electron chi connectivity index (χ2n) is 7.42. The van der Waals surface area contributed by atoms with E-state index in [1.807, 2.05) is 39.0 Å². The topological polar surface area (TPSA) is 49.9 Å². The number of hydrogen-bond donors (Lipinski definition) is 0. The molecular weight excluding hydrogens is 292 g/mol. The van der Waals surface area contributed by atoms with Crippen LogP contribution in [0.4, 0.5) is 4.79 Å². The Labute approximate surface area is 137 Å². The van der Waals surface area contributed by atoms with Crippen molar-refractivity contribution < 1.29 is 14.3 Å². The smallest absolute Gasteiger partial charge is 0.410 e.